The van der Waals surface area contributed by atoms with Crippen molar-refractivity contribution >= 4 is 15.9 Å². The number of hydrogen-bond acceptors (Lipinski definition) is 4. The number of benzene rings is 2. The molecule has 0 saturated heterocycles. The van der Waals surface area contributed by atoms with Gasteiger partial charge in [0.25, 0.3) is 5.91 Å². The highest BCUT2D eigenvalue weighted by atomic mass is 32.2. The molecule has 2 rings (SSSR count). The highest BCUT2D eigenvalue weighted by molar-refractivity contribution is 7.89. The second-order valence-electron chi connectivity index (χ2n) is 6.77. The van der Waals surface area contributed by atoms with Crippen molar-refractivity contribution in [2.24, 2.45) is 5.92 Å². The molecule has 1 unspecified atom stereocenters. The Balaban J connectivity index is 2.17. The summed E-state index contributed by atoms with van der Waals surface area (Å²) in [7, 11) is -3.70. The summed E-state index contributed by atoms with van der Waals surface area (Å²) in [5.41, 5.74) is 1.45. The lowest BCUT2D eigenvalue weighted by Crippen LogP contribution is -2.33. The summed E-state index contributed by atoms with van der Waals surface area (Å²) >= 11 is 0. The number of carbonyl (C=O) groups is 1. The molecule has 6 nitrogen and oxygen atoms in total. The average Bonchev–Trinajstić information content (AvgIpc) is 2.74. The number of carbonyl (C=O) groups excluding carboxylic acids is 1. The Bertz CT molecular complexity index is 932. The van der Waals surface area contributed by atoms with Gasteiger partial charge in [-0.25, -0.2) is 13.1 Å². The van der Waals surface area contributed by atoms with Gasteiger partial charge in [-0.15, -0.1) is 0 Å². The number of amides is 1. The topological polar surface area (TPSA) is 99.1 Å². The van der Waals surface area contributed by atoms with Gasteiger partial charge in [-0.2, -0.15) is 5.26 Å². The fourth-order valence-corrected chi connectivity index (χ4v) is 4.26. The molecule has 0 aliphatic carbocycles. The molecule has 7 heteroatoms. The molecule has 1 atom stereocenters. The maximum Gasteiger partial charge on any atom is 0.251 e. The van der Waals surface area contributed by atoms with Crippen LogP contribution >= 0.6 is 0 Å². The highest BCUT2D eigenvalue weighted by Crippen LogP contribution is 2.27. The first kappa shape index (κ1) is 22.6. The molecule has 0 saturated carbocycles. The van der Waals surface area contributed by atoms with Gasteiger partial charge in [0.15, 0.2) is 0 Å². The molecule has 0 aromatic heterocycles. The van der Waals surface area contributed by atoms with E-state index in [1.54, 1.807) is 0 Å². The number of nitriles is 1. The SMILES string of the molecule is CCC(CC)C(NC(=O)c1ccc(S(=O)(=O)NCCC#N)cc1)c1ccccc1. The van der Waals surface area contributed by atoms with Crippen LogP contribution in [0.25, 0.3) is 0 Å². The van der Waals surface area contributed by atoms with E-state index >= 15 is 0 Å². The van der Waals surface area contributed by atoms with Crippen LogP contribution < -0.4 is 10.0 Å². The minimum atomic E-state index is -3.70. The zero-order chi connectivity index (χ0) is 21.3. The molecular weight excluding hydrogens is 386 g/mol. The van der Waals surface area contributed by atoms with Gasteiger partial charge in [0, 0.05) is 18.5 Å². The van der Waals surface area contributed by atoms with Gasteiger partial charge in [-0.3, -0.25) is 4.79 Å². The van der Waals surface area contributed by atoms with E-state index in [0.717, 1.165) is 18.4 Å². The lowest BCUT2D eigenvalue weighted by Gasteiger charge is -2.27. The van der Waals surface area contributed by atoms with Gasteiger partial charge in [0.1, 0.15) is 0 Å². The largest absolute Gasteiger partial charge is 0.345 e. The van der Waals surface area contributed by atoms with E-state index in [2.05, 4.69) is 23.9 Å². The maximum absolute atomic E-state index is 12.8. The predicted molar refractivity (Wildman–Crippen MR) is 113 cm³/mol. The summed E-state index contributed by atoms with van der Waals surface area (Å²) in [4.78, 5) is 12.9. The fourth-order valence-electron chi connectivity index (χ4n) is 3.23. The van der Waals surface area contributed by atoms with Crippen LogP contribution in [0.2, 0.25) is 0 Å². The standard InChI is InChI=1S/C22H27N3O3S/c1-3-17(4-2)21(18-9-6-5-7-10-18)25-22(26)19-11-13-20(14-12-19)29(27,28)24-16-8-15-23/h5-7,9-14,17,21,24H,3-4,8,16H2,1-2H3,(H,25,26). The summed E-state index contributed by atoms with van der Waals surface area (Å²) in [6.07, 6.45) is 1.96. The third-order valence-corrected chi connectivity index (χ3v) is 6.40. The molecule has 0 fully saturated rings. The molecule has 0 aliphatic rings. The quantitative estimate of drug-likeness (QED) is 0.579. The molecule has 154 valence electrons. The summed E-state index contributed by atoms with van der Waals surface area (Å²) < 4.78 is 26.8. The van der Waals surface area contributed by atoms with E-state index in [-0.39, 0.29) is 29.8 Å². The van der Waals surface area contributed by atoms with Crippen molar-refractivity contribution in [1.82, 2.24) is 10.0 Å². The molecule has 29 heavy (non-hydrogen) atoms. The molecule has 0 spiro atoms. The Morgan fingerprint density at radius 1 is 1.03 bits per heavy atom. The van der Waals surface area contributed by atoms with Crippen molar-refractivity contribution in [1.29, 1.82) is 5.26 Å². The number of hydrogen-bond donors (Lipinski definition) is 2. The monoisotopic (exact) mass is 413 g/mol. The van der Waals surface area contributed by atoms with Gasteiger partial charge in [-0.1, -0.05) is 57.0 Å². The van der Waals surface area contributed by atoms with Crippen LogP contribution in [0.15, 0.2) is 59.5 Å². The number of rotatable bonds is 10. The van der Waals surface area contributed by atoms with Gasteiger partial charge in [0.2, 0.25) is 10.0 Å². The van der Waals surface area contributed by atoms with E-state index in [9.17, 15) is 13.2 Å². The lowest BCUT2D eigenvalue weighted by atomic mass is 9.88. The van der Waals surface area contributed by atoms with Crippen molar-refractivity contribution in [2.45, 2.75) is 44.0 Å². The number of sulfonamides is 1. The van der Waals surface area contributed by atoms with Crippen molar-refractivity contribution < 1.29 is 13.2 Å². The van der Waals surface area contributed by atoms with Crippen LogP contribution in [-0.2, 0) is 10.0 Å². The first-order chi connectivity index (χ1) is 13.9. The molecule has 0 heterocycles. The van der Waals surface area contributed by atoms with Gasteiger partial charge in [0.05, 0.1) is 17.0 Å². The Hall–Kier alpha value is -2.69. The van der Waals surface area contributed by atoms with Crippen LogP contribution in [0, 0.1) is 17.2 Å². The summed E-state index contributed by atoms with van der Waals surface area (Å²) in [6.45, 7) is 4.26. The Morgan fingerprint density at radius 2 is 1.66 bits per heavy atom. The number of nitrogens with one attached hydrogen (secondary N) is 2. The summed E-state index contributed by atoms with van der Waals surface area (Å²) in [5.74, 6) is 0.0532. The van der Waals surface area contributed by atoms with E-state index < -0.39 is 10.0 Å². The maximum atomic E-state index is 12.8. The van der Waals surface area contributed by atoms with Crippen molar-refractivity contribution in [2.75, 3.05) is 6.54 Å². The van der Waals surface area contributed by atoms with Gasteiger partial charge >= 0.3 is 0 Å². The van der Waals surface area contributed by atoms with Crippen LogP contribution in [0.3, 0.4) is 0 Å². The molecule has 2 N–H and O–H groups in total. The smallest absolute Gasteiger partial charge is 0.251 e. The molecule has 1 amide bonds. The zero-order valence-electron chi connectivity index (χ0n) is 16.8. The van der Waals surface area contributed by atoms with E-state index in [1.807, 2.05) is 36.4 Å². The molecule has 0 aliphatic heterocycles. The van der Waals surface area contributed by atoms with Crippen LogP contribution in [0.4, 0.5) is 0 Å². The van der Waals surface area contributed by atoms with Gasteiger partial charge in [-0.05, 0) is 35.7 Å². The molecular formula is C22H27N3O3S. The molecule has 2 aromatic carbocycles. The third kappa shape index (κ3) is 6.14. The van der Waals surface area contributed by atoms with Crippen molar-refractivity contribution in [3.63, 3.8) is 0 Å². The minimum absolute atomic E-state index is 0.0508. The van der Waals surface area contributed by atoms with E-state index in [1.165, 1.54) is 24.3 Å². The molecule has 2 aromatic rings. The average molecular weight is 414 g/mol. The highest BCUT2D eigenvalue weighted by Gasteiger charge is 2.23. The van der Waals surface area contributed by atoms with Gasteiger partial charge < -0.3 is 5.32 Å². The number of nitrogens with zero attached hydrogens (tertiary/aromatic N) is 1. The van der Waals surface area contributed by atoms with Crippen LogP contribution in [-0.4, -0.2) is 20.9 Å². The molecule has 0 radical (unpaired) electrons. The summed E-state index contributed by atoms with van der Waals surface area (Å²) in [5, 5.41) is 11.6. The second-order valence-corrected chi connectivity index (χ2v) is 8.54. The van der Waals surface area contributed by atoms with Crippen molar-refractivity contribution in [3.05, 3.63) is 65.7 Å². The second kappa shape index (κ2) is 10.7. The Kier molecular flexibility index (Phi) is 8.37. The zero-order valence-corrected chi connectivity index (χ0v) is 17.6. The van der Waals surface area contributed by atoms with E-state index in [0.29, 0.717) is 11.5 Å². The van der Waals surface area contributed by atoms with E-state index in [4.69, 9.17) is 5.26 Å². The predicted octanol–water partition coefficient (Wildman–Crippen LogP) is 3.79. The first-order valence-corrected chi connectivity index (χ1v) is 11.2. The summed E-state index contributed by atoms with van der Waals surface area (Å²) in [6, 6.07) is 17.4. The van der Waals surface area contributed by atoms with Crippen LogP contribution in [0.5, 0.6) is 0 Å². The lowest BCUT2D eigenvalue weighted by molar-refractivity contribution is 0.0919. The Morgan fingerprint density at radius 3 is 2.21 bits per heavy atom. The normalized spacial score (nSPS) is 12.3. The molecule has 0 bridgehead atoms. The fraction of sp³-hybridized carbons (Fsp3) is 0.364. The Labute approximate surface area is 173 Å². The minimum Gasteiger partial charge on any atom is -0.345 e. The third-order valence-electron chi connectivity index (χ3n) is 4.92. The van der Waals surface area contributed by atoms with Crippen LogP contribution in [0.1, 0.15) is 55.1 Å². The van der Waals surface area contributed by atoms with Crippen molar-refractivity contribution in [3.8, 4) is 6.07 Å². The first-order valence-electron chi connectivity index (χ1n) is 9.75.